The van der Waals surface area contributed by atoms with Crippen LogP contribution in [-0.4, -0.2) is 28.0 Å². The number of fused-ring (bicyclic) bond motifs is 1. The van der Waals surface area contributed by atoms with Crippen LogP contribution in [0, 0.1) is 0 Å². The van der Waals surface area contributed by atoms with Crippen LogP contribution < -0.4 is 5.53 Å². The topological polar surface area (TPSA) is 33.1 Å². The zero-order chi connectivity index (χ0) is 10.1. The molecule has 1 aliphatic rings. The van der Waals surface area contributed by atoms with Crippen LogP contribution in [-0.2, 0) is 0 Å². The molecule has 1 fully saturated rings. The molecule has 0 atom stereocenters. The van der Waals surface area contributed by atoms with Crippen molar-refractivity contribution in [1.82, 2.24) is 14.9 Å². The van der Waals surface area contributed by atoms with Crippen molar-refractivity contribution in [2.75, 3.05) is 18.6 Å². The molecule has 0 unspecified atom stereocenters. The summed E-state index contributed by atoms with van der Waals surface area (Å²) in [6, 6.07) is 8.21. The number of rotatable bonds is 2. The Morgan fingerprint density at radius 2 is 1.93 bits per heavy atom. The molecule has 1 saturated heterocycles. The maximum absolute atomic E-state index is 4.32. The summed E-state index contributed by atoms with van der Waals surface area (Å²) >= 11 is 0. The van der Waals surface area contributed by atoms with Gasteiger partial charge in [-0.15, -0.1) is 0 Å². The van der Waals surface area contributed by atoms with Crippen molar-refractivity contribution in [1.29, 1.82) is 0 Å². The number of hydrazine groups is 1. The van der Waals surface area contributed by atoms with Gasteiger partial charge in [0.15, 0.2) is 0 Å². The molecule has 1 aliphatic heterocycles. The molecule has 0 saturated carbocycles. The Kier molecular flexibility index (Phi) is 2.07. The lowest BCUT2D eigenvalue weighted by atomic mass is 10.3. The van der Waals surface area contributed by atoms with Gasteiger partial charge in [-0.2, -0.15) is 9.89 Å². The second-order valence-electron chi connectivity index (χ2n) is 3.91. The average molecular weight is 202 g/mol. The Morgan fingerprint density at radius 3 is 2.80 bits per heavy atom. The predicted octanol–water partition coefficient (Wildman–Crippen LogP) is 1.59. The van der Waals surface area contributed by atoms with Gasteiger partial charge in [-0.25, -0.2) is 10.5 Å². The molecule has 78 valence electrons. The van der Waals surface area contributed by atoms with Crippen molar-refractivity contribution in [3.63, 3.8) is 0 Å². The lowest BCUT2D eigenvalue weighted by Crippen LogP contribution is -2.34. The third kappa shape index (κ3) is 1.57. The number of aromatic nitrogens is 2. The van der Waals surface area contributed by atoms with Gasteiger partial charge in [-0.1, -0.05) is 18.2 Å². The molecule has 2 aromatic rings. The van der Waals surface area contributed by atoms with Crippen molar-refractivity contribution in [2.24, 2.45) is 0 Å². The SMILES string of the molecule is c1ccc2c(c1)cnn2NN1CCCC1. The van der Waals surface area contributed by atoms with Gasteiger partial charge >= 0.3 is 0 Å². The third-order valence-corrected chi connectivity index (χ3v) is 2.82. The number of nitrogens with zero attached hydrogens (tertiary/aromatic N) is 3. The zero-order valence-electron chi connectivity index (χ0n) is 8.56. The highest BCUT2D eigenvalue weighted by Crippen LogP contribution is 2.12. The van der Waals surface area contributed by atoms with E-state index in [1.54, 1.807) is 0 Å². The smallest absolute Gasteiger partial charge is 0.0933 e. The molecule has 4 heteroatoms. The van der Waals surface area contributed by atoms with Crippen LogP contribution in [0.2, 0.25) is 0 Å². The average Bonchev–Trinajstić information content (AvgIpc) is 2.89. The van der Waals surface area contributed by atoms with E-state index in [1.807, 2.05) is 23.1 Å². The summed E-state index contributed by atoms with van der Waals surface area (Å²) in [5.41, 5.74) is 4.43. The van der Waals surface area contributed by atoms with E-state index in [9.17, 15) is 0 Å². The lowest BCUT2D eigenvalue weighted by molar-refractivity contribution is 0.347. The molecule has 0 radical (unpaired) electrons. The summed E-state index contributed by atoms with van der Waals surface area (Å²) in [5, 5.41) is 7.70. The quantitative estimate of drug-likeness (QED) is 0.802. The van der Waals surface area contributed by atoms with E-state index in [0.717, 1.165) is 18.6 Å². The Labute approximate surface area is 88.4 Å². The van der Waals surface area contributed by atoms with E-state index < -0.39 is 0 Å². The standard InChI is InChI=1S/C11H14N4/c1-2-6-11-10(5-1)9-12-15(11)13-14-7-3-4-8-14/h1-2,5-6,9,13H,3-4,7-8H2. The van der Waals surface area contributed by atoms with Gasteiger partial charge in [-0.3, -0.25) is 0 Å². The third-order valence-electron chi connectivity index (χ3n) is 2.82. The Morgan fingerprint density at radius 1 is 1.13 bits per heavy atom. The number of hydrogen-bond acceptors (Lipinski definition) is 3. The first kappa shape index (κ1) is 8.73. The molecule has 1 aromatic carbocycles. The summed E-state index contributed by atoms with van der Waals surface area (Å²) < 4.78 is 0. The molecule has 0 bridgehead atoms. The normalized spacial score (nSPS) is 17.3. The molecular weight excluding hydrogens is 188 g/mol. The molecule has 2 heterocycles. The molecular formula is C11H14N4. The molecule has 0 spiro atoms. The zero-order valence-corrected chi connectivity index (χ0v) is 8.56. The second-order valence-corrected chi connectivity index (χ2v) is 3.91. The fraction of sp³-hybridized carbons (Fsp3) is 0.364. The highest BCUT2D eigenvalue weighted by Gasteiger charge is 2.12. The maximum Gasteiger partial charge on any atom is 0.0933 e. The predicted molar refractivity (Wildman–Crippen MR) is 59.9 cm³/mol. The van der Waals surface area contributed by atoms with Gasteiger partial charge in [0.1, 0.15) is 0 Å². The van der Waals surface area contributed by atoms with Gasteiger partial charge in [0, 0.05) is 18.5 Å². The van der Waals surface area contributed by atoms with Crippen LogP contribution in [0.4, 0.5) is 0 Å². The highest BCUT2D eigenvalue weighted by atomic mass is 15.8. The van der Waals surface area contributed by atoms with E-state index >= 15 is 0 Å². The molecule has 0 amide bonds. The van der Waals surface area contributed by atoms with Gasteiger partial charge in [-0.05, 0) is 18.9 Å². The molecule has 0 aliphatic carbocycles. The molecule has 15 heavy (non-hydrogen) atoms. The molecule has 1 aromatic heterocycles. The Hall–Kier alpha value is -1.55. The van der Waals surface area contributed by atoms with Crippen LogP contribution in [0.25, 0.3) is 10.9 Å². The minimum absolute atomic E-state index is 1.11. The summed E-state index contributed by atoms with van der Waals surface area (Å²) in [5.74, 6) is 0. The van der Waals surface area contributed by atoms with Crippen LogP contribution in [0.15, 0.2) is 30.5 Å². The highest BCUT2D eigenvalue weighted by molar-refractivity contribution is 5.78. The number of para-hydroxylation sites is 1. The minimum atomic E-state index is 1.11. The van der Waals surface area contributed by atoms with Crippen LogP contribution in [0.3, 0.4) is 0 Å². The molecule has 1 N–H and O–H groups in total. The van der Waals surface area contributed by atoms with E-state index in [2.05, 4.69) is 27.8 Å². The lowest BCUT2D eigenvalue weighted by Gasteiger charge is -2.17. The largest absolute Gasteiger partial charge is 0.240 e. The molecule has 4 nitrogen and oxygen atoms in total. The maximum atomic E-state index is 4.32. The van der Waals surface area contributed by atoms with E-state index in [-0.39, 0.29) is 0 Å². The van der Waals surface area contributed by atoms with Crippen LogP contribution in [0.1, 0.15) is 12.8 Å². The van der Waals surface area contributed by atoms with Crippen LogP contribution >= 0.6 is 0 Å². The monoisotopic (exact) mass is 202 g/mol. The van der Waals surface area contributed by atoms with Gasteiger partial charge < -0.3 is 0 Å². The summed E-state index contributed by atoms with van der Waals surface area (Å²) in [4.78, 5) is 1.85. The fourth-order valence-corrected chi connectivity index (χ4v) is 2.00. The summed E-state index contributed by atoms with van der Waals surface area (Å²) in [7, 11) is 0. The van der Waals surface area contributed by atoms with Crippen molar-refractivity contribution in [3.8, 4) is 0 Å². The first-order valence-electron chi connectivity index (χ1n) is 5.38. The number of benzene rings is 1. The molecule has 3 rings (SSSR count). The van der Waals surface area contributed by atoms with Crippen molar-refractivity contribution in [3.05, 3.63) is 30.5 Å². The van der Waals surface area contributed by atoms with E-state index in [1.165, 1.54) is 18.2 Å². The minimum Gasteiger partial charge on any atom is -0.240 e. The van der Waals surface area contributed by atoms with Gasteiger partial charge in [0.05, 0.1) is 11.7 Å². The summed E-state index contributed by atoms with van der Waals surface area (Å²) in [6.45, 7) is 2.21. The van der Waals surface area contributed by atoms with Crippen molar-refractivity contribution >= 4 is 10.9 Å². The first-order valence-corrected chi connectivity index (χ1v) is 5.38. The fourth-order valence-electron chi connectivity index (χ4n) is 2.00. The Bertz CT molecular complexity index is 456. The van der Waals surface area contributed by atoms with Crippen molar-refractivity contribution in [2.45, 2.75) is 12.8 Å². The Balaban J connectivity index is 1.90. The first-order chi connectivity index (χ1) is 7.43. The van der Waals surface area contributed by atoms with Gasteiger partial charge in [0.2, 0.25) is 0 Å². The number of hydrogen-bond donors (Lipinski definition) is 1. The van der Waals surface area contributed by atoms with Crippen molar-refractivity contribution < 1.29 is 0 Å². The van der Waals surface area contributed by atoms with E-state index in [0.29, 0.717) is 0 Å². The van der Waals surface area contributed by atoms with Gasteiger partial charge in [0.25, 0.3) is 0 Å². The number of nitrogens with one attached hydrogen (secondary N) is 1. The van der Waals surface area contributed by atoms with Crippen LogP contribution in [0.5, 0.6) is 0 Å². The second kappa shape index (κ2) is 3.55. The van der Waals surface area contributed by atoms with E-state index in [4.69, 9.17) is 0 Å². The summed E-state index contributed by atoms with van der Waals surface area (Å²) in [6.07, 6.45) is 4.43.